The molecular weight excluding hydrogens is 204 g/mol. The van der Waals surface area contributed by atoms with Gasteiger partial charge in [0.2, 0.25) is 0 Å². The molecule has 3 heteroatoms. The van der Waals surface area contributed by atoms with Crippen molar-refractivity contribution in [2.24, 2.45) is 5.73 Å². The fourth-order valence-corrected chi connectivity index (χ4v) is 3.27. The highest BCUT2D eigenvalue weighted by Crippen LogP contribution is 2.26. The summed E-state index contributed by atoms with van der Waals surface area (Å²) in [6, 6.07) is 0.192. The van der Waals surface area contributed by atoms with Gasteiger partial charge in [-0.25, -0.2) is 0 Å². The SMILES string of the molecule is C#CC(CCC)NC1(CN)CCCSC1. The maximum atomic E-state index is 5.89. The molecule has 1 heterocycles. The van der Waals surface area contributed by atoms with Gasteiger partial charge in [0.25, 0.3) is 0 Å². The quantitative estimate of drug-likeness (QED) is 0.699. The summed E-state index contributed by atoms with van der Waals surface area (Å²) in [6.07, 6.45) is 10.1. The smallest absolute Gasteiger partial charge is 0.0691 e. The average molecular weight is 226 g/mol. The molecule has 0 aliphatic carbocycles. The summed E-state index contributed by atoms with van der Waals surface area (Å²) < 4.78 is 0. The Balaban J connectivity index is 2.53. The van der Waals surface area contributed by atoms with Crippen LogP contribution in [0.4, 0.5) is 0 Å². The standard InChI is InChI=1S/C12H22N2S/c1-3-6-11(4-2)14-12(9-13)7-5-8-15-10-12/h2,11,14H,3,5-10,13H2,1H3. The molecule has 1 saturated heterocycles. The summed E-state index contributed by atoms with van der Waals surface area (Å²) in [7, 11) is 0. The largest absolute Gasteiger partial charge is 0.329 e. The molecule has 1 aliphatic rings. The van der Waals surface area contributed by atoms with Crippen LogP contribution in [0.2, 0.25) is 0 Å². The van der Waals surface area contributed by atoms with Crippen LogP contribution in [0, 0.1) is 12.3 Å². The molecule has 1 aliphatic heterocycles. The first-order chi connectivity index (χ1) is 7.26. The van der Waals surface area contributed by atoms with Crippen molar-refractivity contribution in [1.29, 1.82) is 0 Å². The molecule has 1 fully saturated rings. The predicted octanol–water partition coefficient (Wildman–Crippen LogP) is 1.60. The van der Waals surface area contributed by atoms with Gasteiger partial charge in [0, 0.05) is 17.8 Å². The van der Waals surface area contributed by atoms with Gasteiger partial charge in [-0.2, -0.15) is 11.8 Å². The van der Waals surface area contributed by atoms with Gasteiger partial charge in [-0.3, -0.25) is 5.32 Å². The van der Waals surface area contributed by atoms with Gasteiger partial charge in [-0.05, 0) is 25.0 Å². The van der Waals surface area contributed by atoms with Crippen LogP contribution < -0.4 is 11.1 Å². The first-order valence-electron chi connectivity index (χ1n) is 5.78. The van der Waals surface area contributed by atoms with Crippen LogP contribution >= 0.6 is 11.8 Å². The van der Waals surface area contributed by atoms with E-state index < -0.39 is 0 Å². The van der Waals surface area contributed by atoms with Crippen LogP contribution in [-0.2, 0) is 0 Å². The molecule has 0 aromatic heterocycles. The monoisotopic (exact) mass is 226 g/mol. The Kier molecular flexibility index (Phi) is 5.52. The summed E-state index contributed by atoms with van der Waals surface area (Å²) in [5.74, 6) is 5.20. The Morgan fingerprint density at radius 3 is 2.93 bits per heavy atom. The molecule has 0 amide bonds. The summed E-state index contributed by atoms with van der Waals surface area (Å²) >= 11 is 1.99. The summed E-state index contributed by atoms with van der Waals surface area (Å²) in [6.45, 7) is 2.86. The third-order valence-corrected chi connectivity index (χ3v) is 4.31. The highest BCUT2D eigenvalue weighted by Gasteiger charge is 2.32. The van der Waals surface area contributed by atoms with E-state index in [1.54, 1.807) is 0 Å². The number of nitrogens with two attached hydrogens (primary N) is 1. The lowest BCUT2D eigenvalue weighted by Crippen LogP contribution is -2.58. The van der Waals surface area contributed by atoms with Gasteiger partial charge in [0.05, 0.1) is 6.04 Å². The molecule has 3 N–H and O–H groups in total. The van der Waals surface area contributed by atoms with Crippen LogP contribution in [0.3, 0.4) is 0 Å². The Bertz CT molecular complexity index is 216. The van der Waals surface area contributed by atoms with E-state index in [4.69, 9.17) is 12.2 Å². The highest BCUT2D eigenvalue weighted by atomic mass is 32.2. The molecule has 86 valence electrons. The lowest BCUT2D eigenvalue weighted by molar-refractivity contribution is 0.312. The van der Waals surface area contributed by atoms with E-state index in [1.807, 2.05) is 11.8 Å². The van der Waals surface area contributed by atoms with Crippen LogP contribution in [0.15, 0.2) is 0 Å². The lowest BCUT2D eigenvalue weighted by atomic mass is 9.93. The van der Waals surface area contributed by atoms with E-state index in [-0.39, 0.29) is 11.6 Å². The van der Waals surface area contributed by atoms with E-state index in [0.29, 0.717) is 6.54 Å². The zero-order valence-corrected chi connectivity index (χ0v) is 10.4. The van der Waals surface area contributed by atoms with Crippen molar-refractivity contribution in [2.45, 2.75) is 44.2 Å². The second-order valence-corrected chi connectivity index (χ2v) is 5.40. The van der Waals surface area contributed by atoms with Gasteiger partial charge in [-0.1, -0.05) is 19.3 Å². The van der Waals surface area contributed by atoms with Crippen molar-refractivity contribution in [3.05, 3.63) is 0 Å². The zero-order valence-electron chi connectivity index (χ0n) is 9.59. The Labute approximate surface area is 97.8 Å². The summed E-state index contributed by atoms with van der Waals surface area (Å²) in [4.78, 5) is 0. The van der Waals surface area contributed by atoms with Gasteiger partial charge in [0.1, 0.15) is 0 Å². The van der Waals surface area contributed by atoms with Crippen LogP contribution in [0.1, 0.15) is 32.6 Å². The van der Waals surface area contributed by atoms with Crippen LogP contribution in [-0.4, -0.2) is 29.6 Å². The molecule has 1 rings (SSSR count). The molecule has 2 atom stereocenters. The molecular formula is C12H22N2S. The first kappa shape index (κ1) is 12.9. The van der Waals surface area contributed by atoms with E-state index in [9.17, 15) is 0 Å². The van der Waals surface area contributed by atoms with Crippen molar-refractivity contribution < 1.29 is 0 Å². The highest BCUT2D eigenvalue weighted by molar-refractivity contribution is 7.99. The molecule has 2 nitrogen and oxygen atoms in total. The normalized spacial score (nSPS) is 28.3. The van der Waals surface area contributed by atoms with Crippen LogP contribution in [0.25, 0.3) is 0 Å². The van der Waals surface area contributed by atoms with Crippen molar-refractivity contribution in [3.8, 4) is 12.3 Å². The third kappa shape index (κ3) is 3.71. The topological polar surface area (TPSA) is 38.0 Å². The number of hydrogen-bond acceptors (Lipinski definition) is 3. The fourth-order valence-electron chi connectivity index (χ4n) is 2.04. The van der Waals surface area contributed by atoms with E-state index in [1.165, 1.54) is 18.6 Å². The molecule has 2 unspecified atom stereocenters. The number of rotatable bonds is 5. The fraction of sp³-hybridized carbons (Fsp3) is 0.833. The molecule has 0 radical (unpaired) electrons. The predicted molar refractivity (Wildman–Crippen MR) is 69.0 cm³/mol. The first-order valence-corrected chi connectivity index (χ1v) is 6.93. The molecule has 0 spiro atoms. The Hall–Kier alpha value is -0.170. The number of hydrogen-bond donors (Lipinski definition) is 2. The van der Waals surface area contributed by atoms with Crippen molar-refractivity contribution in [2.75, 3.05) is 18.1 Å². The molecule has 0 saturated carbocycles. The van der Waals surface area contributed by atoms with Crippen molar-refractivity contribution in [3.63, 3.8) is 0 Å². The van der Waals surface area contributed by atoms with E-state index >= 15 is 0 Å². The van der Waals surface area contributed by atoms with Crippen molar-refractivity contribution in [1.82, 2.24) is 5.32 Å². The summed E-state index contributed by atoms with van der Waals surface area (Å²) in [5, 5.41) is 3.59. The minimum atomic E-state index is 0.0924. The van der Waals surface area contributed by atoms with Gasteiger partial charge < -0.3 is 5.73 Å². The van der Waals surface area contributed by atoms with Crippen molar-refractivity contribution >= 4 is 11.8 Å². The number of thioether (sulfide) groups is 1. The Morgan fingerprint density at radius 2 is 2.47 bits per heavy atom. The molecule has 15 heavy (non-hydrogen) atoms. The second kappa shape index (κ2) is 6.42. The minimum absolute atomic E-state index is 0.0924. The maximum Gasteiger partial charge on any atom is 0.0691 e. The molecule has 0 bridgehead atoms. The zero-order chi connectivity index (χ0) is 11.1. The molecule has 0 aromatic rings. The summed E-state index contributed by atoms with van der Waals surface area (Å²) in [5.41, 5.74) is 5.99. The Morgan fingerprint density at radius 1 is 1.67 bits per heavy atom. The third-order valence-electron chi connectivity index (χ3n) is 2.97. The average Bonchev–Trinajstić information content (AvgIpc) is 2.30. The number of nitrogens with one attached hydrogen (secondary N) is 1. The second-order valence-electron chi connectivity index (χ2n) is 4.29. The minimum Gasteiger partial charge on any atom is -0.329 e. The van der Waals surface area contributed by atoms with Gasteiger partial charge >= 0.3 is 0 Å². The van der Waals surface area contributed by atoms with E-state index in [2.05, 4.69) is 18.2 Å². The maximum absolute atomic E-state index is 5.89. The van der Waals surface area contributed by atoms with Gasteiger partial charge in [-0.15, -0.1) is 6.42 Å². The van der Waals surface area contributed by atoms with Crippen LogP contribution in [0.5, 0.6) is 0 Å². The van der Waals surface area contributed by atoms with Gasteiger partial charge in [0.15, 0.2) is 0 Å². The van der Waals surface area contributed by atoms with E-state index in [0.717, 1.165) is 18.6 Å². The molecule has 0 aromatic carbocycles. The number of terminal acetylenes is 1. The lowest BCUT2D eigenvalue weighted by Gasteiger charge is -2.38.